The number of Topliss-reactive ketones (excluding diaryl/α,β-unsaturated/α-hetero) is 1. The van der Waals surface area contributed by atoms with Gasteiger partial charge >= 0.3 is 12.1 Å². The quantitative estimate of drug-likeness (QED) is 0.452. The van der Waals surface area contributed by atoms with Gasteiger partial charge in [-0.1, -0.05) is 6.07 Å². The zero-order valence-corrected chi connectivity index (χ0v) is 16.3. The summed E-state index contributed by atoms with van der Waals surface area (Å²) in [6.45, 7) is 6.84. The molecule has 0 unspecified atom stereocenters. The Kier molecular flexibility index (Phi) is 6.58. The molecule has 0 saturated heterocycles. The van der Waals surface area contributed by atoms with Gasteiger partial charge in [0, 0.05) is 5.57 Å². The number of allylic oxidation sites excluding steroid dienone is 2. The molecule has 1 heterocycles. The van der Waals surface area contributed by atoms with Gasteiger partial charge in [-0.2, -0.15) is 0 Å². The van der Waals surface area contributed by atoms with E-state index in [1.54, 1.807) is 32.9 Å². The molecule has 0 spiro atoms. The average molecular weight is 388 g/mol. The summed E-state index contributed by atoms with van der Waals surface area (Å²) >= 11 is 0. The van der Waals surface area contributed by atoms with Gasteiger partial charge in [0.1, 0.15) is 18.2 Å². The number of para-hydroxylation sites is 1. The predicted molar refractivity (Wildman–Crippen MR) is 103 cm³/mol. The topological polar surface area (TPSA) is 117 Å². The molecule has 28 heavy (non-hydrogen) atoms. The first-order valence-corrected chi connectivity index (χ1v) is 8.72. The van der Waals surface area contributed by atoms with Gasteiger partial charge < -0.3 is 19.9 Å². The normalized spacial score (nSPS) is 14.4. The summed E-state index contributed by atoms with van der Waals surface area (Å²) in [7, 11) is 0. The fourth-order valence-electron chi connectivity index (χ4n) is 2.25. The number of carbonyl (C=O) groups is 3. The van der Waals surface area contributed by atoms with Crippen LogP contribution >= 0.6 is 0 Å². The van der Waals surface area contributed by atoms with Crippen molar-refractivity contribution in [2.45, 2.75) is 39.3 Å². The predicted octanol–water partition coefficient (Wildman–Crippen LogP) is 2.94. The van der Waals surface area contributed by atoms with Crippen molar-refractivity contribution in [3.63, 3.8) is 0 Å². The number of ether oxygens (including phenoxy) is 3. The van der Waals surface area contributed by atoms with Crippen molar-refractivity contribution in [3.8, 4) is 5.75 Å². The minimum Gasteiger partial charge on any atom is -0.497 e. The van der Waals surface area contributed by atoms with Gasteiger partial charge in [-0.25, -0.2) is 9.59 Å². The van der Waals surface area contributed by atoms with Crippen LogP contribution in [0.25, 0.3) is 0 Å². The molecule has 8 nitrogen and oxygen atoms in total. The number of amides is 1. The maximum Gasteiger partial charge on any atom is 0.412 e. The number of anilines is 1. The fourth-order valence-corrected chi connectivity index (χ4v) is 2.25. The maximum atomic E-state index is 12.9. The lowest BCUT2D eigenvalue weighted by Gasteiger charge is -2.21. The van der Waals surface area contributed by atoms with Crippen LogP contribution in [-0.2, 0) is 14.3 Å². The Morgan fingerprint density at radius 3 is 2.54 bits per heavy atom. The van der Waals surface area contributed by atoms with Crippen LogP contribution in [0.2, 0.25) is 0 Å². The summed E-state index contributed by atoms with van der Waals surface area (Å²) in [4.78, 5) is 37.2. The standard InChI is InChI=1S/C20H24N2O6/c1-12(21)18(24)27-15-7-5-6-14(17(23)13-8-10-26-11-9-13)16(15)22-19(25)28-20(2,3)4/h5-10,12H,11,21H2,1-4H3,(H,22,25)/t12-/m0/s1. The van der Waals surface area contributed by atoms with E-state index in [1.165, 1.54) is 31.4 Å². The van der Waals surface area contributed by atoms with Crippen molar-refractivity contribution in [1.29, 1.82) is 0 Å². The van der Waals surface area contributed by atoms with E-state index in [2.05, 4.69) is 5.32 Å². The number of hydrogen-bond acceptors (Lipinski definition) is 7. The molecule has 1 amide bonds. The van der Waals surface area contributed by atoms with Crippen LogP contribution in [0.3, 0.4) is 0 Å². The summed E-state index contributed by atoms with van der Waals surface area (Å²) in [5.41, 5.74) is 5.34. The van der Waals surface area contributed by atoms with Crippen LogP contribution in [0, 0.1) is 0 Å². The van der Waals surface area contributed by atoms with Crippen LogP contribution in [0.1, 0.15) is 38.1 Å². The Morgan fingerprint density at radius 1 is 1.25 bits per heavy atom. The molecule has 3 N–H and O–H groups in total. The number of benzene rings is 1. The highest BCUT2D eigenvalue weighted by atomic mass is 16.6. The number of nitrogens with two attached hydrogens (primary N) is 1. The zero-order valence-electron chi connectivity index (χ0n) is 16.3. The van der Waals surface area contributed by atoms with Crippen LogP contribution in [0.15, 0.2) is 42.2 Å². The first-order valence-electron chi connectivity index (χ1n) is 8.72. The number of rotatable bonds is 5. The van der Waals surface area contributed by atoms with Gasteiger partial charge in [-0.05, 0) is 52.0 Å². The number of esters is 1. The average Bonchev–Trinajstić information content (AvgIpc) is 2.61. The lowest BCUT2D eigenvalue weighted by molar-refractivity contribution is -0.135. The number of hydrogen-bond donors (Lipinski definition) is 2. The lowest BCUT2D eigenvalue weighted by atomic mass is 10.00. The maximum absolute atomic E-state index is 12.9. The molecule has 0 aliphatic carbocycles. The number of carbonyl (C=O) groups excluding carboxylic acids is 3. The van der Waals surface area contributed by atoms with E-state index in [0.29, 0.717) is 5.57 Å². The highest BCUT2D eigenvalue weighted by Crippen LogP contribution is 2.32. The minimum absolute atomic E-state index is 0.00403. The molecular formula is C20H24N2O6. The Hall–Kier alpha value is -3.13. The molecule has 1 atom stereocenters. The van der Waals surface area contributed by atoms with Crippen molar-refractivity contribution in [2.24, 2.45) is 5.73 Å². The fraction of sp³-hybridized carbons (Fsp3) is 0.350. The van der Waals surface area contributed by atoms with E-state index in [9.17, 15) is 14.4 Å². The van der Waals surface area contributed by atoms with Crippen LogP contribution in [-0.4, -0.2) is 36.1 Å². The minimum atomic E-state index is -0.880. The Morgan fingerprint density at radius 2 is 1.96 bits per heavy atom. The Labute approximate surface area is 163 Å². The molecule has 150 valence electrons. The molecule has 1 aromatic rings. The van der Waals surface area contributed by atoms with Crippen LogP contribution in [0.4, 0.5) is 10.5 Å². The smallest absolute Gasteiger partial charge is 0.412 e. The van der Waals surface area contributed by atoms with Crippen LogP contribution < -0.4 is 15.8 Å². The van der Waals surface area contributed by atoms with E-state index in [4.69, 9.17) is 19.9 Å². The zero-order chi connectivity index (χ0) is 20.9. The Balaban J connectivity index is 2.44. The number of nitrogens with one attached hydrogen (secondary N) is 1. The summed E-state index contributed by atoms with van der Waals surface area (Å²) in [5.74, 6) is -1.08. The van der Waals surface area contributed by atoms with E-state index in [-0.39, 0.29) is 29.4 Å². The molecule has 0 bridgehead atoms. The second-order valence-electron chi connectivity index (χ2n) is 7.14. The molecule has 0 aromatic heterocycles. The van der Waals surface area contributed by atoms with Gasteiger partial charge in [0.05, 0.1) is 17.5 Å². The van der Waals surface area contributed by atoms with Crippen molar-refractivity contribution in [2.75, 3.05) is 11.9 Å². The molecule has 0 saturated carbocycles. The molecule has 1 aliphatic heterocycles. The van der Waals surface area contributed by atoms with Crippen molar-refractivity contribution < 1.29 is 28.6 Å². The lowest BCUT2D eigenvalue weighted by Crippen LogP contribution is -2.32. The van der Waals surface area contributed by atoms with Crippen molar-refractivity contribution in [1.82, 2.24) is 0 Å². The molecule has 0 fully saturated rings. The van der Waals surface area contributed by atoms with Crippen molar-refractivity contribution in [3.05, 3.63) is 47.7 Å². The van der Waals surface area contributed by atoms with Gasteiger partial charge in [0.25, 0.3) is 0 Å². The van der Waals surface area contributed by atoms with Gasteiger partial charge in [0.15, 0.2) is 11.5 Å². The summed E-state index contributed by atoms with van der Waals surface area (Å²) in [6.07, 6.45) is 3.75. The van der Waals surface area contributed by atoms with Crippen molar-refractivity contribution >= 4 is 23.5 Å². The summed E-state index contributed by atoms with van der Waals surface area (Å²) in [5, 5.41) is 2.52. The Bertz CT molecular complexity index is 834. The third-order valence-corrected chi connectivity index (χ3v) is 3.48. The second-order valence-corrected chi connectivity index (χ2v) is 7.14. The summed E-state index contributed by atoms with van der Waals surface area (Å²) in [6, 6.07) is 3.64. The third kappa shape index (κ3) is 5.68. The first kappa shape index (κ1) is 21.2. The molecule has 0 radical (unpaired) electrons. The monoisotopic (exact) mass is 388 g/mol. The van der Waals surface area contributed by atoms with E-state index in [1.807, 2.05) is 0 Å². The third-order valence-electron chi connectivity index (χ3n) is 3.48. The SMILES string of the molecule is C[C@H](N)C(=O)Oc1cccc(C(=O)C2=CCOC=C2)c1NC(=O)OC(C)(C)C. The molecule has 2 rings (SSSR count). The van der Waals surface area contributed by atoms with E-state index < -0.39 is 23.7 Å². The van der Waals surface area contributed by atoms with Gasteiger partial charge in [0.2, 0.25) is 0 Å². The van der Waals surface area contributed by atoms with Crippen LogP contribution in [0.5, 0.6) is 5.75 Å². The molecular weight excluding hydrogens is 364 g/mol. The molecule has 8 heteroatoms. The highest BCUT2D eigenvalue weighted by Gasteiger charge is 2.24. The summed E-state index contributed by atoms with van der Waals surface area (Å²) < 4.78 is 15.6. The number of ketones is 1. The van der Waals surface area contributed by atoms with E-state index in [0.717, 1.165) is 0 Å². The largest absolute Gasteiger partial charge is 0.497 e. The first-order chi connectivity index (χ1) is 13.1. The second kappa shape index (κ2) is 8.71. The van der Waals surface area contributed by atoms with Gasteiger partial charge in [-0.15, -0.1) is 0 Å². The van der Waals surface area contributed by atoms with Gasteiger partial charge in [-0.3, -0.25) is 10.1 Å². The highest BCUT2D eigenvalue weighted by molar-refractivity contribution is 6.15. The molecule has 1 aliphatic rings. The molecule has 1 aromatic carbocycles. The van der Waals surface area contributed by atoms with E-state index >= 15 is 0 Å².